The largest absolute Gasteiger partial charge is 0.431 e. The van der Waals surface area contributed by atoms with Gasteiger partial charge in [-0.25, -0.2) is 9.97 Å². The molecule has 1 aromatic carbocycles. The van der Waals surface area contributed by atoms with Crippen LogP contribution in [0, 0.1) is 0 Å². The molecule has 2 N–H and O–H groups in total. The van der Waals surface area contributed by atoms with Crippen LogP contribution in [0.5, 0.6) is 0 Å². The second-order valence-electron chi connectivity index (χ2n) is 4.50. The fourth-order valence-corrected chi connectivity index (χ4v) is 2.68. The van der Waals surface area contributed by atoms with E-state index in [1.54, 1.807) is 12.1 Å². The molecule has 0 radical (unpaired) electrons. The average Bonchev–Trinajstić information content (AvgIpc) is 2.88. The van der Waals surface area contributed by atoms with E-state index in [0.29, 0.717) is 21.6 Å². The van der Waals surface area contributed by atoms with Gasteiger partial charge >= 0.3 is 0 Å². The standard InChI is InChI=1S/C14H15N5OS/c1-3-9-10(4-2)18-19-13(16-9)21-14-17-11-6-5-8(15)7-12(11)20-14/h5-7H,3-4,15H2,1-2H3. The summed E-state index contributed by atoms with van der Waals surface area (Å²) in [6.07, 6.45) is 1.66. The normalized spacial score (nSPS) is 11.1. The SMILES string of the molecule is CCc1nnc(Sc2nc3ccc(N)cc3o2)nc1CC. The predicted octanol–water partition coefficient (Wildman–Crippen LogP) is 2.87. The van der Waals surface area contributed by atoms with Gasteiger partial charge < -0.3 is 10.2 Å². The van der Waals surface area contributed by atoms with Crippen molar-refractivity contribution in [1.29, 1.82) is 0 Å². The quantitative estimate of drug-likeness (QED) is 0.741. The molecule has 2 aromatic heterocycles. The lowest BCUT2D eigenvalue weighted by molar-refractivity contribution is 0.488. The van der Waals surface area contributed by atoms with E-state index in [1.165, 1.54) is 11.8 Å². The summed E-state index contributed by atoms with van der Waals surface area (Å²) in [4.78, 5) is 8.89. The monoisotopic (exact) mass is 301 g/mol. The van der Waals surface area contributed by atoms with Crippen molar-refractivity contribution in [2.45, 2.75) is 37.1 Å². The minimum atomic E-state index is 0.490. The van der Waals surface area contributed by atoms with Crippen molar-refractivity contribution in [1.82, 2.24) is 20.2 Å². The van der Waals surface area contributed by atoms with Gasteiger partial charge in [0.2, 0.25) is 5.16 Å². The Morgan fingerprint density at radius 3 is 2.67 bits per heavy atom. The maximum Gasteiger partial charge on any atom is 0.264 e. The number of nitrogens with two attached hydrogens (primary N) is 1. The molecule has 0 atom stereocenters. The van der Waals surface area contributed by atoms with Crippen molar-refractivity contribution in [3.8, 4) is 0 Å². The Balaban J connectivity index is 1.91. The van der Waals surface area contributed by atoms with Gasteiger partial charge in [0.15, 0.2) is 5.58 Å². The maximum absolute atomic E-state index is 5.73. The van der Waals surface area contributed by atoms with Crippen LogP contribution in [0.4, 0.5) is 5.69 Å². The predicted molar refractivity (Wildman–Crippen MR) is 81.1 cm³/mol. The molecule has 0 aliphatic carbocycles. The summed E-state index contributed by atoms with van der Waals surface area (Å²) in [5.74, 6) is 0. The number of rotatable bonds is 4. The number of nitrogens with zero attached hydrogens (tertiary/aromatic N) is 4. The van der Waals surface area contributed by atoms with E-state index in [2.05, 4.69) is 27.1 Å². The molecule has 0 bridgehead atoms. The van der Waals surface area contributed by atoms with E-state index in [1.807, 2.05) is 13.0 Å². The van der Waals surface area contributed by atoms with E-state index in [4.69, 9.17) is 10.2 Å². The molecule has 2 heterocycles. The highest BCUT2D eigenvalue weighted by Gasteiger charge is 2.12. The molecule has 0 aliphatic rings. The van der Waals surface area contributed by atoms with E-state index in [9.17, 15) is 0 Å². The second kappa shape index (κ2) is 5.69. The van der Waals surface area contributed by atoms with E-state index < -0.39 is 0 Å². The molecule has 0 fully saturated rings. The number of benzene rings is 1. The van der Waals surface area contributed by atoms with Crippen LogP contribution < -0.4 is 5.73 Å². The summed E-state index contributed by atoms with van der Waals surface area (Å²) in [7, 11) is 0. The Kier molecular flexibility index (Phi) is 3.74. The first kappa shape index (κ1) is 13.8. The first-order chi connectivity index (χ1) is 10.2. The Labute approximate surface area is 126 Å². The highest BCUT2D eigenvalue weighted by atomic mass is 32.2. The number of oxazole rings is 1. The topological polar surface area (TPSA) is 90.7 Å². The summed E-state index contributed by atoms with van der Waals surface area (Å²) in [5, 5.41) is 9.36. The van der Waals surface area contributed by atoms with Gasteiger partial charge in [-0.2, -0.15) is 5.10 Å². The first-order valence-corrected chi connectivity index (χ1v) is 7.57. The third-order valence-corrected chi connectivity index (χ3v) is 3.77. The molecule has 3 aromatic rings. The number of fused-ring (bicyclic) bond motifs is 1. The zero-order valence-electron chi connectivity index (χ0n) is 11.8. The number of hydrogen-bond acceptors (Lipinski definition) is 7. The van der Waals surface area contributed by atoms with Crippen LogP contribution in [0.25, 0.3) is 11.1 Å². The summed E-state index contributed by atoms with van der Waals surface area (Å²) in [5.41, 5.74) is 9.70. The van der Waals surface area contributed by atoms with E-state index >= 15 is 0 Å². The minimum Gasteiger partial charge on any atom is -0.431 e. The molecule has 0 saturated carbocycles. The van der Waals surface area contributed by atoms with Crippen LogP contribution in [0.1, 0.15) is 25.2 Å². The van der Waals surface area contributed by atoms with Gasteiger partial charge in [0, 0.05) is 23.5 Å². The fourth-order valence-electron chi connectivity index (χ4n) is 2.01. The number of hydrogen-bond donors (Lipinski definition) is 1. The Bertz CT molecular complexity index is 786. The van der Waals surface area contributed by atoms with Gasteiger partial charge in [-0.1, -0.05) is 13.8 Å². The van der Waals surface area contributed by atoms with Crippen molar-refractivity contribution in [3.05, 3.63) is 29.6 Å². The summed E-state index contributed by atoms with van der Waals surface area (Å²) in [6, 6.07) is 5.38. The summed E-state index contributed by atoms with van der Waals surface area (Å²) in [6.45, 7) is 4.10. The molecule has 3 rings (SSSR count). The zero-order chi connectivity index (χ0) is 14.8. The lowest BCUT2D eigenvalue weighted by Crippen LogP contribution is -2.03. The first-order valence-electron chi connectivity index (χ1n) is 6.76. The maximum atomic E-state index is 5.73. The van der Waals surface area contributed by atoms with Gasteiger partial charge in [-0.3, -0.25) is 0 Å². The number of aryl methyl sites for hydroxylation is 2. The highest BCUT2D eigenvalue weighted by molar-refractivity contribution is 7.98. The minimum absolute atomic E-state index is 0.490. The van der Waals surface area contributed by atoms with Gasteiger partial charge in [-0.15, -0.1) is 5.10 Å². The molecule has 0 unspecified atom stereocenters. The van der Waals surface area contributed by atoms with Gasteiger partial charge in [0.25, 0.3) is 5.22 Å². The molecule has 21 heavy (non-hydrogen) atoms. The van der Waals surface area contributed by atoms with Gasteiger partial charge in [0.1, 0.15) is 5.52 Å². The van der Waals surface area contributed by atoms with Gasteiger partial charge in [-0.05, 0) is 25.0 Å². The van der Waals surface area contributed by atoms with Crippen LogP contribution in [0.3, 0.4) is 0 Å². The Morgan fingerprint density at radius 1 is 1.10 bits per heavy atom. The molecule has 0 spiro atoms. The van der Waals surface area contributed by atoms with Crippen molar-refractivity contribution < 1.29 is 4.42 Å². The average molecular weight is 301 g/mol. The molecule has 0 amide bonds. The Morgan fingerprint density at radius 2 is 1.90 bits per heavy atom. The van der Waals surface area contributed by atoms with Gasteiger partial charge in [0.05, 0.1) is 11.4 Å². The number of nitrogen functional groups attached to an aromatic ring is 1. The van der Waals surface area contributed by atoms with Crippen molar-refractivity contribution in [2.75, 3.05) is 5.73 Å². The van der Waals surface area contributed by atoms with Crippen molar-refractivity contribution in [2.24, 2.45) is 0 Å². The third-order valence-electron chi connectivity index (χ3n) is 3.06. The highest BCUT2D eigenvalue weighted by Crippen LogP contribution is 2.28. The lowest BCUT2D eigenvalue weighted by atomic mass is 10.2. The molecule has 108 valence electrons. The third kappa shape index (κ3) is 2.82. The number of aromatic nitrogens is 4. The molecular formula is C14H15N5OS. The fraction of sp³-hybridized carbons (Fsp3) is 0.286. The number of anilines is 1. The van der Waals surface area contributed by atoms with Crippen molar-refractivity contribution >= 4 is 28.5 Å². The Hall–Kier alpha value is -2.15. The van der Waals surface area contributed by atoms with Crippen LogP contribution in [0.15, 0.2) is 33.0 Å². The summed E-state index contributed by atoms with van der Waals surface area (Å²) < 4.78 is 5.65. The van der Waals surface area contributed by atoms with Crippen LogP contribution in [-0.2, 0) is 12.8 Å². The second-order valence-corrected chi connectivity index (χ2v) is 5.42. The summed E-state index contributed by atoms with van der Waals surface area (Å²) >= 11 is 1.26. The molecular weight excluding hydrogens is 286 g/mol. The van der Waals surface area contributed by atoms with Crippen LogP contribution in [0.2, 0.25) is 0 Å². The van der Waals surface area contributed by atoms with Crippen LogP contribution >= 0.6 is 11.8 Å². The smallest absolute Gasteiger partial charge is 0.264 e. The van der Waals surface area contributed by atoms with Crippen LogP contribution in [-0.4, -0.2) is 20.2 Å². The zero-order valence-corrected chi connectivity index (χ0v) is 12.6. The van der Waals surface area contributed by atoms with Crippen molar-refractivity contribution in [3.63, 3.8) is 0 Å². The molecule has 7 heteroatoms. The van der Waals surface area contributed by atoms with E-state index in [-0.39, 0.29) is 0 Å². The molecule has 0 saturated heterocycles. The lowest BCUT2D eigenvalue weighted by Gasteiger charge is -2.03. The molecule has 6 nitrogen and oxygen atoms in total. The van der Waals surface area contributed by atoms with E-state index in [0.717, 1.165) is 29.7 Å². The molecule has 0 aliphatic heterocycles.